The molecule has 0 saturated heterocycles. The Morgan fingerprint density at radius 2 is 2.23 bits per heavy atom. The SMILES string of the molecule is NC(=S)CC(=O)NCCC1CCC1. The Bertz CT molecular complexity index is 202. The van der Waals surface area contributed by atoms with Crippen molar-refractivity contribution in [2.45, 2.75) is 32.1 Å². The smallest absolute Gasteiger partial charge is 0.226 e. The van der Waals surface area contributed by atoms with Crippen molar-refractivity contribution >= 4 is 23.1 Å². The van der Waals surface area contributed by atoms with Gasteiger partial charge in [-0.2, -0.15) is 0 Å². The molecule has 1 aliphatic carbocycles. The molecule has 3 N–H and O–H groups in total. The Kier molecular flexibility index (Phi) is 4.15. The molecule has 0 atom stereocenters. The summed E-state index contributed by atoms with van der Waals surface area (Å²) in [4.78, 5) is 11.3. The number of hydrogen-bond donors (Lipinski definition) is 2. The van der Waals surface area contributed by atoms with E-state index in [2.05, 4.69) is 17.5 Å². The fraction of sp³-hybridized carbons (Fsp3) is 0.778. The predicted molar refractivity (Wildman–Crippen MR) is 56.4 cm³/mol. The van der Waals surface area contributed by atoms with E-state index in [9.17, 15) is 4.79 Å². The fourth-order valence-corrected chi connectivity index (χ4v) is 1.55. The Morgan fingerprint density at radius 1 is 1.54 bits per heavy atom. The molecule has 1 aliphatic rings. The van der Waals surface area contributed by atoms with Gasteiger partial charge in [-0.15, -0.1) is 0 Å². The molecule has 0 bridgehead atoms. The maximum absolute atomic E-state index is 11.1. The van der Waals surface area contributed by atoms with Gasteiger partial charge >= 0.3 is 0 Å². The molecule has 13 heavy (non-hydrogen) atoms. The average molecular weight is 200 g/mol. The van der Waals surface area contributed by atoms with Crippen molar-refractivity contribution in [2.75, 3.05) is 6.54 Å². The molecule has 3 nitrogen and oxygen atoms in total. The first-order valence-electron chi connectivity index (χ1n) is 4.73. The monoisotopic (exact) mass is 200 g/mol. The van der Waals surface area contributed by atoms with Gasteiger partial charge in [0.15, 0.2) is 0 Å². The van der Waals surface area contributed by atoms with Gasteiger partial charge in [-0.05, 0) is 12.3 Å². The molecule has 0 aliphatic heterocycles. The lowest BCUT2D eigenvalue weighted by Gasteiger charge is -2.25. The Hall–Kier alpha value is -0.640. The molecule has 1 amide bonds. The third kappa shape index (κ3) is 4.22. The molecule has 1 fully saturated rings. The van der Waals surface area contributed by atoms with Gasteiger partial charge in [0, 0.05) is 6.54 Å². The molecule has 1 rings (SSSR count). The lowest BCUT2D eigenvalue weighted by molar-refractivity contribution is -0.119. The quantitative estimate of drug-likeness (QED) is 0.650. The van der Waals surface area contributed by atoms with E-state index in [1.165, 1.54) is 19.3 Å². The second-order valence-electron chi connectivity index (χ2n) is 3.58. The van der Waals surface area contributed by atoms with Crippen LogP contribution < -0.4 is 11.1 Å². The highest BCUT2D eigenvalue weighted by Crippen LogP contribution is 2.28. The van der Waals surface area contributed by atoms with Crippen LogP contribution in [-0.2, 0) is 4.79 Å². The first kappa shape index (κ1) is 10.4. The molecule has 0 aromatic heterocycles. The van der Waals surface area contributed by atoms with Crippen molar-refractivity contribution in [1.29, 1.82) is 0 Å². The molecule has 74 valence electrons. The lowest BCUT2D eigenvalue weighted by Crippen LogP contribution is -2.30. The summed E-state index contributed by atoms with van der Waals surface area (Å²) in [6.45, 7) is 0.770. The van der Waals surface area contributed by atoms with Crippen LogP contribution in [0.4, 0.5) is 0 Å². The van der Waals surface area contributed by atoms with E-state index >= 15 is 0 Å². The third-order valence-electron chi connectivity index (χ3n) is 2.43. The van der Waals surface area contributed by atoms with E-state index in [-0.39, 0.29) is 17.3 Å². The summed E-state index contributed by atoms with van der Waals surface area (Å²) in [5.74, 6) is 0.789. The minimum atomic E-state index is -0.0492. The minimum Gasteiger partial charge on any atom is -0.393 e. The zero-order valence-electron chi connectivity index (χ0n) is 7.71. The summed E-state index contributed by atoms with van der Waals surface area (Å²) in [6, 6.07) is 0. The van der Waals surface area contributed by atoms with Crippen molar-refractivity contribution in [3.8, 4) is 0 Å². The van der Waals surface area contributed by atoms with Gasteiger partial charge < -0.3 is 11.1 Å². The van der Waals surface area contributed by atoms with Crippen LogP contribution in [0.5, 0.6) is 0 Å². The summed E-state index contributed by atoms with van der Waals surface area (Å²) in [5, 5.41) is 2.81. The number of hydrogen-bond acceptors (Lipinski definition) is 2. The van der Waals surface area contributed by atoms with E-state index in [0.29, 0.717) is 0 Å². The maximum Gasteiger partial charge on any atom is 0.226 e. The van der Waals surface area contributed by atoms with Crippen LogP contribution >= 0.6 is 12.2 Å². The first-order valence-corrected chi connectivity index (χ1v) is 5.14. The van der Waals surface area contributed by atoms with Crippen LogP contribution in [0.3, 0.4) is 0 Å². The van der Waals surface area contributed by atoms with Crippen LogP contribution in [0.1, 0.15) is 32.1 Å². The van der Waals surface area contributed by atoms with Gasteiger partial charge in [-0.3, -0.25) is 4.79 Å². The summed E-state index contributed by atoms with van der Waals surface area (Å²) in [5.41, 5.74) is 5.23. The molecular weight excluding hydrogens is 184 g/mol. The zero-order valence-corrected chi connectivity index (χ0v) is 8.53. The summed E-state index contributed by atoms with van der Waals surface area (Å²) in [6.07, 6.45) is 5.28. The second kappa shape index (κ2) is 5.17. The Morgan fingerprint density at radius 3 is 2.69 bits per heavy atom. The van der Waals surface area contributed by atoms with Crippen molar-refractivity contribution in [2.24, 2.45) is 11.7 Å². The zero-order chi connectivity index (χ0) is 9.68. The average Bonchev–Trinajstić information content (AvgIpc) is 1.92. The van der Waals surface area contributed by atoms with Crippen molar-refractivity contribution in [1.82, 2.24) is 5.32 Å². The molecule has 0 heterocycles. The summed E-state index contributed by atoms with van der Waals surface area (Å²) >= 11 is 4.62. The summed E-state index contributed by atoms with van der Waals surface area (Å²) < 4.78 is 0. The normalized spacial score (nSPS) is 16.3. The van der Waals surface area contributed by atoms with Crippen LogP contribution in [-0.4, -0.2) is 17.4 Å². The highest BCUT2D eigenvalue weighted by molar-refractivity contribution is 7.80. The van der Waals surface area contributed by atoms with Gasteiger partial charge in [0.2, 0.25) is 5.91 Å². The van der Waals surface area contributed by atoms with Crippen molar-refractivity contribution in [3.05, 3.63) is 0 Å². The van der Waals surface area contributed by atoms with Crippen LogP contribution in [0, 0.1) is 5.92 Å². The highest BCUT2D eigenvalue weighted by atomic mass is 32.1. The fourth-order valence-electron chi connectivity index (χ4n) is 1.42. The van der Waals surface area contributed by atoms with E-state index in [4.69, 9.17) is 5.73 Å². The number of amides is 1. The molecule has 0 radical (unpaired) electrons. The standard InChI is InChI=1S/C9H16N2OS/c10-8(13)6-9(12)11-5-4-7-2-1-3-7/h7H,1-6H2,(H2,10,13)(H,11,12). The molecule has 0 aromatic carbocycles. The van der Waals surface area contributed by atoms with E-state index in [0.717, 1.165) is 18.9 Å². The van der Waals surface area contributed by atoms with E-state index in [1.807, 2.05) is 0 Å². The van der Waals surface area contributed by atoms with Gasteiger partial charge in [0.05, 0.1) is 11.4 Å². The number of thiocarbonyl (C=S) groups is 1. The van der Waals surface area contributed by atoms with Gasteiger partial charge in [-0.25, -0.2) is 0 Å². The number of carbonyl (C=O) groups excluding carboxylic acids is 1. The number of carbonyl (C=O) groups is 1. The topological polar surface area (TPSA) is 55.1 Å². The number of rotatable bonds is 5. The Labute approximate surface area is 84.1 Å². The third-order valence-corrected chi connectivity index (χ3v) is 2.58. The lowest BCUT2D eigenvalue weighted by atomic mass is 9.83. The highest BCUT2D eigenvalue weighted by Gasteiger charge is 2.16. The first-order chi connectivity index (χ1) is 6.18. The van der Waals surface area contributed by atoms with Gasteiger partial charge in [0.1, 0.15) is 0 Å². The molecule has 1 saturated carbocycles. The maximum atomic E-state index is 11.1. The number of nitrogens with two attached hydrogens (primary N) is 1. The molecular formula is C9H16N2OS. The number of nitrogens with one attached hydrogen (secondary N) is 1. The van der Waals surface area contributed by atoms with Gasteiger partial charge in [0.25, 0.3) is 0 Å². The minimum absolute atomic E-state index is 0.0492. The van der Waals surface area contributed by atoms with Crippen LogP contribution in [0.15, 0.2) is 0 Å². The Balaban J connectivity index is 1.97. The van der Waals surface area contributed by atoms with Crippen molar-refractivity contribution < 1.29 is 4.79 Å². The molecule has 4 heteroatoms. The molecule has 0 spiro atoms. The molecule has 0 unspecified atom stereocenters. The van der Waals surface area contributed by atoms with E-state index in [1.54, 1.807) is 0 Å². The van der Waals surface area contributed by atoms with E-state index < -0.39 is 0 Å². The van der Waals surface area contributed by atoms with Crippen LogP contribution in [0.2, 0.25) is 0 Å². The summed E-state index contributed by atoms with van der Waals surface area (Å²) in [7, 11) is 0. The van der Waals surface area contributed by atoms with Gasteiger partial charge in [-0.1, -0.05) is 31.5 Å². The second-order valence-corrected chi connectivity index (χ2v) is 4.10. The van der Waals surface area contributed by atoms with Crippen LogP contribution in [0.25, 0.3) is 0 Å². The largest absolute Gasteiger partial charge is 0.393 e. The molecule has 0 aromatic rings. The van der Waals surface area contributed by atoms with Crippen molar-refractivity contribution in [3.63, 3.8) is 0 Å². The predicted octanol–water partition coefficient (Wildman–Crippen LogP) is 0.969.